The second-order valence-corrected chi connectivity index (χ2v) is 3.52. The van der Waals surface area contributed by atoms with Crippen molar-refractivity contribution in [2.45, 2.75) is 6.54 Å². The second-order valence-electron chi connectivity index (χ2n) is 3.52. The van der Waals surface area contributed by atoms with E-state index in [2.05, 4.69) is 25.9 Å². The Morgan fingerprint density at radius 2 is 2.20 bits per heavy atom. The Hall–Kier alpha value is -2.98. The monoisotopic (exact) mass is 284 g/mol. The number of benzene rings is 1. The summed E-state index contributed by atoms with van der Waals surface area (Å²) in [6, 6.07) is 1.28. The van der Waals surface area contributed by atoms with Gasteiger partial charge in [0.1, 0.15) is 11.4 Å². The molecule has 0 aliphatic carbocycles. The number of amides is 1. The minimum Gasteiger partial charge on any atom is -0.344 e. The van der Waals surface area contributed by atoms with Gasteiger partial charge in [-0.25, -0.2) is 4.39 Å². The van der Waals surface area contributed by atoms with Crippen LogP contribution in [0.1, 0.15) is 16.2 Å². The highest BCUT2D eigenvalue weighted by Crippen LogP contribution is 2.22. The maximum atomic E-state index is 13.7. The van der Waals surface area contributed by atoms with Crippen LogP contribution in [0, 0.1) is 21.7 Å². The summed E-state index contributed by atoms with van der Waals surface area (Å²) in [6.45, 7) is -0.239. The van der Waals surface area contributed by atoms with Crippen LogP contribution in [0.5, 0.6) is 0 Å². The van der Waals surface area contributed by atoms with E-state index in [0.717, 1.165) is 0 Å². The lowest BCUT2D eigenvalue weighted by Gasteiger charge is -2.05. The molecule has 0 radical (unpaired) electrons. The van der Waals surface area contributed by atoms with Crippen molar-refractivity contribution >= 4 is 11.6 Å². The van der Waals surface area contributed by atoms with Crippen molar-refractivity contribution in [3.63, 3.8) is 0 Å². The zero-order valence-electron chi connectivity index (χ0n) is 9.63. The summed E-state index contributed by atoms with van der Waals surface area (Å²) in [6.07, 6.45) is 0. The van der Waals surface area contributed by atoms with E-state index in [4.69, 9.17) is 0 Å². The van der Waals surface area contributed by atoms with E-state index in [1.54, 1.807) is 0 Å². The molecule has 2 rings (SSSR count). The number of carbonyl (C=O) groups excluding carboxylic acids is 1. The summed E-state index contributed by atoms with van der Waals surface area (Å²) in [4.78, 5) is 21.1. The molecule has 0 spiro atoms. The van der Waals surface area contributed by atoms with Crippen LogP contribution in [0.15, 0.2) is 12.1 Å². The van der Waals surface area contributed by atoms with Crippen molar-refractivity contribution < 1.29 is 18.5 Å². The largest absolute Gasteiger partial charge is 0.344 e. The first-order chi connectivity index (χ1) is 9.50. The van der Waals surface area contributed by atoms with Crippen LogP contribution in [-0.4, -0.2) is 31.5 Å². The van der Waals surface area contributed by atoms with Crippen LogP contribution in [0.4, 0.5) is 14.5 Å². The standard InChI is InChI=1S/C9H6F2N6O3/c10-4-1-2-5(17(19)20)8(11)7(4)9(18)12-3-6-13-15-16-14-6/h1-2H,3H2,(H,12,18)(H,13,14,15,16). The zero-order chi connectivity index (χ0) is 14.7. The number of hydrogen-bond acceptors (Lipinski definition) is 6. The number of nitro benzene ring substituents is 1. The van der Waals surface area contributed by atoms with Crippen molar-refractivity contribution in [1.29, 1.82) is 0 Å². The summed E-state index contributed by atoms with van der Waals surface area (Å²) in [7, 11) is 0. The predicted molar refractivity (Wildman–Crippen MR) is 58.4 cm³/mol. The zero-order valence-corrected chi connectivity index (χ0v) is 9.63. The Kier molecular flexibility index (Phi) is 3.59. The fourth-order valence-corrected chi connectivity index (χ4v) is 1.40. The first-order valence-electron chi connectivity index (χ1n) is 5.13. The number of halogens is 2. The highest BCUT2D eigenvalue weighted by Gasteiger charge is 2.26. The molecule has 1 amide bonds. The van der Waals surface area contributed by atoms with Crippen molar-refractivity contribution in [3.8, 4) is 0 Å². The molecule has 20 heavy (non-hydrogen) atoms. The summed E-state index contributed by atoms with van der Waals surface area (Å²) < 4.78 is 27.1. The number of H-pyrrole nitrogens is 1. The summed E-state index contributed by atoms with van der Waals surface area (Å²) >= 11 is 0. The molecule has 0 atom stereocenters. The van der Waals surface area contributed by atoms with Gasteiger partial charge in [-0.1, -0.05) is 5.21 Å². The SMILES string of the molecule is O=C(NCc1nn[nH]n1)c1c(F)ccc([N+](=O)[O-])c1F. The van der Waals surface area contributed by atoms with Crippen molar-refractivity contribution in [2.75, 3.05) is 0 Å². The average Bonchev–Trinajstić information content (AvgIpc) is 2.89. The van der Waals surface area contributed by atoms with Gasteiger partial charge >= 0.3 is 5.69 Å². The second kappa shape index (κ2) is 5.34. The molecule has 1 heterocycles. The molecule has 104 valence electrons. The molecule has 2 N–H and O–H groups in total. The van der Waals surface area contributed by atoms with Crippen LogP contribution < -0.4 is 5.32 Å². The average molecular weight is 284 g/mol. The van der Waals surface area contributed by atoms with Crippen LogP contribution >= 0.6 is 0 Å². The van der Waals surface area contributed by atoms with Gasteiger partial charge in [0.25, 0.3) is 5.91 Å². The number of nitro groups is 1. The molecule has 0 aliphatic rings. The molecule has 0 aliphatic heterocycles. The lowest BCUT2D eigenvalue weighted by molar-refractivity contribution is -0.387. The number of tetrazole rings is 1. The van der Waals surface area contributed by atoms with Gasteiger partial charge in [-0.15, -0.1) is 10.2 Å². The molecule has 9 nitrogen and oxygen atoms in total. The number of aromatic amines is 1. The van der Waals surface area contributed by atoms with E-state index in [0.29, 0.717) is 12.1 Å². The fourth-order valence-electron chi connectivity index (χ4n) is 1.40. The number of carbonyl (C=O) groups is 1. The van der Waals surface area contributed by atoms with E-state index in [-0.39, 0.29) is 12.4 Å². The molecule has 0 fully saturated rings. The van der Waals surface area contributed by atoms with Crippen molar-refractivity contribution in [2.24, 2.45) is 0 Å². The number of nitrogens with zero attached hydrogens (tertiary/aromatic N) is 4. The van der Waals surface area contributed by atoms with Gasteiger partial charge in [0, 0.05) is 6.07 Å². The lowest BCUT2D eigenvalue weighted by atomic mass is 10.1. The van der Waals surface area contributed by atoms with Gasteiger partial charge in [0.15, 0.2) is 5.82 Å². The van der Waals surface area contributed by atoms with Crippen LogP contribution in [0.25, 0.3) is 0 Å². The number of nitrogens with one attached hydrogen (secondary N) is 2. The van der Waals surface area contributed by atoms with Gasteiger partial charge in [0.2, 0.25) is 5.82 Å². The third-order valence-electron chi connectivity index (χ3n) is 2.29. The van der Waals surface area contributed by atoms with Gasteiger partial charge < -0.3 is 5.32 Å². The molecule has 0 unspecified atom stereocenters. The smallest absolute Gasteiger partial charge is 0.305 e. The van der Waals surface area contributed by atoms with Crippen molar-refractivity contribution in [1.82, 2.24) is 25.9 Å². The molecule has 0 saturated carbocycles. The van der Waals surface area contributed by atoms with E-state index >= 15 is 0 Å². The quantitative estimate of drug-likeness (QED) is 0.614. The maximum Gasteiger partial charge on any atom is 0.305 e. The predicted octanol–water partition coefficient (Wildman–Crippen LogP) is 0.316. The Bertz CT molecular complexity index is 660. The molecular weight excluding hydrogens is 278 g/mol. The minimum absolute atomic E-state index is 0.0876. The molecule has 0 saturated heterocycles. The van der Waals surface area contributed by atoms with Crippen molar-refractivity contribution in [3.05, 3.63) is 45.3 Å². The normalized spacial score (nSPS) is 10.3. The maximum absolute atomic E-state index is 13.7. The number of rotatable bonds is 4. The van der Waals surface area contributed by atoms with Crippen LogP contribution in [-0.2, 0) is 6.54 Å². The Morgan fingerprint density at radius 1 is 1.45 bits per heavy atom. The van der Waals surface area contributed by atoms with Crippen LogP contribution in [0.3, 0.4) is 0 Å². The minimum atomic E-state index is -1.54. The van der Waals surface area contributed by atoms with E-state index in [1.165, 1.54) is 0 Å². The number of hydrogen-bond donors (Lipinski definition) is 2. The van der Waals surface area contributed by atoms with E-state index < -0.39 is 33.7 Å². The molecule has 1 aromatic carbocycles. The topological polar surface area (TPSA) is 127 Å². The Labute approximate surface area is 109 Å². The third kappa shape index (κ3) is 2.55. The summed E-state index contributed by atoms with van der Waals surface area (Å²) in [5.74, 6) is -3.82. The molecule has 2 aromatic rings. The molecule has 1 aromatic heterocycles. The van der Waals surface area contributed by atoms with E-state index in [9.17, 15) is 23.7 Å². The highest BCUT2D eigenvalue weighted by atomic mass is 19.1. The summed E-state index contributed by atoms with van der Waals surface area (Å²) in [5, 5.41) is 25.0. The highest BCUT2D eigenvalue weighted by molar-refractivity contribution is 5.95. The first kappa shape index (κ1) is 13.5. The fraction of sp³-hybridized carbons (Fsp3) is 0.111. The first-order valence-corrected chi connectivity index (χ1v) is 5.13. The van der Waals surface area contributed by atoms with Crippen LogP contribution in [0.2, 0.25) is 0 Å². The van der Waals surface area contributed by atoms with Gasteiger partial charge in [-0.3, -0.25) is 14.9 Å². The molecule has 0 bridgehead atoms. The molecule has 11 heteroatoms. The third-order valence-corrected chi connectivity index (χ3v) is 2.29. The van der Waals surface area contributed by atoms with Gasteiger partial charge in [0.05, 0.1) is 11.5 Å². The lowest BCUT2D eigenvalue weighted by Crippen LogP contribution is -2.26. The summed E-state index contributed by atoms with van der Waals surface area (Å²) in [5.41, 5.74) is -2.03. The van der Waals surface area contributed by atoms with E-state index in [1.807, 2.05) is 0 Å². The molecular formula is C9H6F2N6O3. The van der Waals surface area contributed by atoms with Gasteiger partial charge in [-0.05, 0) is 6.07 Å². The Balaban J connectivity index is 2.25. The number of aromatic nitrogens is 4. The Morgan fingerprint density at radius 3 is 2.80 bits per heavy atom. The van der Waals surface area contributed by atoms with Gasteiger partial charge in [-0.2, -0.15) is 9.60 Å².